The molecular formula is C18H22F2N2O4. The molecule has 4 unspecified atom stereocenters. The third-order valence-corrected chi connectivity index (χ3v) is 4.93. The number of benzene rings is 1. The van der Waals surface area contributed by atoms with Crippen molar-refractivity contribution < 1.29 is 28.2 Å². The van der Waals surface area contributed by atoms with E-state index < -0.39 is 30.3 Å². The minimum Gasteiger partial charge on any atom is -0.442 e. The van der Waals surface area contributed by atoms with Crippen LogP contribution in [0.4, 0.5) is 19.3 Å². The number of alkyl halides is 1. The number of cyclic esters (lactones) is 1. The van der Waals surface area contributed by atoms with Crippen molar-refractivity contribution in [2.24, 2.45) is 0 Å². The summed E-state index contributed by atoms with van der Waals surface area (Å²) in [5, 5.41) is 12.1. The Bertz CT molecular complexity index is 700. The van der Waals surface area contributed by atoms with Crippen molar-refractivity contribution in [1.82, 2.24) is 5.32 Å². The molecule has 2 N–H and O–H groups in total. The zero-order valence-electron chi connectivity index (χ0n) is 14.5. The van der Waals surface area contributed by atoms with E-state index in [1.54, 1.807) is 12.1 Å². The van der Waals surface area contributed by atoms with Crippen molar-refractivity contribution in [1.29, 1.82) is 0 Å². The van der Waals surface area contributed by atoms with Crippen LogP contribution < -0.4 is 10.2 Å². The van der Waals surface area contributed by atoms with E-state index in [4.69, 9.17) is 4.74 Å². The average molecular weight is 368 g/mol. The SMILES string of the molecule is CC(=O)NCC1CN(c2ccc(C3CCC(O)C(F)C3)c(F)c2)C(=O)O1. The molecule has 1 aromatic carbocycles. The Morgan fingerprint density at radius 1 is 1.42 bits per heavy atom. The van der Waals surface area contributed by atoms with Crippen molar-refractivity contribution in [3.05, 3.63) is 29.6 Å². The van der Waals surface area contributed by atoms with E-state index in [-0.39, 0.29) is 31.3 Å². The molecule has 3 rings (SSSR count). The van der Waals surface area contributed by atoms with Gasteiger partial charge < -0.3 is 15.2 Å². The summed E-state index contributed by atoms with van der Waals surface area (Å²) in [6.45, 7) is 1.77. The molecule has 4 atom stereocenters. The zero-order valence-corrected chi connectivity index (χ0v) is 14.5. The second-order valence-corrected chi connectivity index (χ2v) is 6.85. The topological polar surface area (TPSA) is 78.9 Å². The van der Waals surface area contributed by atoms with Crippen LogP contribution in [0.1, 0.15) is 37.7 Å². The molecule has 1 saturated heterocycles. The smallest absolute Gasteiger partial charge is 0.414 e. The molecule has 2 fully saturated rings. The van der Waals surface area contributed by atoms with Gasteiger partial charge in [0.15, 0.2) is 0 Å². The van der Waals surface area contributed by atoms with Crippen LogP contribution in [0.15, 0.2) is 18.2 Å². The first-order chi connectivity index (χ1) is 12.3. The van der Waals surface area contributed by atoms with Gasteiger partial charge in [0.1, 0.15) is 18.1 Å². The Labute approximate surface area is 150 Å². The van der Waals surface area contributed by atoms with E-state index in [0.717, 1.165) is 0 Å². The highest BCUT2D eigenvalue weighted by Crippen LogP contribution is 2.37. The van der Waals surface area contributed by atoms with Crippen LogP contribution in [0.5, 0.6) is 0 Å². The lowest BCUT2D eigenvalue weighted by Crippen LogP contribution is -2.33. The summed E-state index contributed by atoms with van der Waals surface area (Å²) in [5.74, 6) is -1.02. The van der Waals surface area contributed by atoms with Crippen LogP contribution in [0.25, 0.3) is 0 Å². The first-order valence-electron chi connectivity index (χ1n) is 8.69. The molecule has 1 aromatic rings. The number of nitrogens with zero attached hydrogens (tertiary/aromatic N) is 1. The lowest BCUT2D eigenvalue weighted by molar-refractivity contribution is -0.119. The summed E-state index contributed by atoms with van der Waals surface area (Å²) >= 11 is 0. The molecule has 142 valence electrons. The number of nitrogens with one attached hydrogen (secondary N) is 1. The molecule has 0 bridgehead atoms. The maximum absolute atomic E-state index is 14.6. The number of carbonyl (C=O) groups is 2. The lowest BCUT2D eigenvalue weighted by atomic mass is 9.81. The predicted molar refractivity (Wildman–Crippen MR) is 90.2 cm³/mol. The average Bonchev–Trinajstić information content (AvgIpc) is 2.96. The van der Waals surface area contributed by atoms with Crippen molar-refractivity contribution in [2.45, 2.75) is 50.5 Å². The highest BCUT2D eigenvalue weighted by Gasteiger charge is 2.34. The molecule has 1 aliphatic carbocycles. The Morgan fingerprint density at radius 2 is 2.19 bits per heavy atom. The van der Waals surface area contributed by atoms with E-state index in [1.807, 2.05) is 0 Å². The summed E-state index contributed by atoms with van der Waals surface area (Å²) in [6, 6.07) is 4.42. The molecule has 1 aliphatic heterocycles. The molecule has 0 aromatic heterocycles. The van der Waals surface area contributed by atoms with Gasteiger partial charge in [-0.1, -0.05) is 6.07 Å². The van der Waals surface area contributed by atoms with Gasteiger partial charge in [0.05, 0.1) is 24.9 Å². The van der Waals surface area contributed by atoms with Crippen molar-refractivity contribution in [2.75, 3.05) is 18.0 Å². The van der Waals surface area contributed by atoms with Gasteiger partial charge in [-0.3, -0.25) is 9.69 Å². The van der Waals surface area contributed by atoms with E-state index in [0.29, 0.717) is 24.1 Å². The Hall–Kier alpha value is -2.22. The van der Waals surface area contributed by atoms with Crippen molar-refractivity contribution >= 4 is 17.7 Å². The van der Waals surface area contributed by atoms with Gasteiger partial charge in [0, 0.05) is 6.92 Å². The third kappa shape index (κ3) is 3.95. The molecular weight excluding hydrogens is 346 g/mol. The lowest BCUT2D eigenvalue weighted by Gasteiger charge is -2.29. The first-order valence-corrected chi connectivity index (χ1v) is 8.69. The Balaban J connectivity index is 1.69. The fourth-order valence-corrected chi connectivity index (χ4v) is 3.49. The number of halogens is 2. The van der Waals surface area contributed by atoms with Crippen LogP contribution in [-0.2, 0) is 9.53 Å². The van der Waals surface area contributed by atoms with Crippen molar-refractivity contribution in [3.8, 4) is 0 Å². The van der Waals surface area contributed by atoms with Gasteiger partial charge in [-0.2, -0.15) is 0 Å². The Morgan fingerprint density at radius 3 is 2.85 bits per heavy atom. The number of hydrogen-bond donors (Lipinski definition) is 2. The van der Waals surface area contributed by atoms with E-state index in [9.17, 15) is 23.5 Å². The van der Waals surface area contributed by atoms with Gasteiger partial charge in [0.25, 0.3) is 0 Å². The number of aliphatic hydroxyl groups is 1. The number of rotatable bonds is 4. The van der Waals surface area contributed by atoms with Crippen LogP contribution in [0.2, 0.25) is 0 Å². The normalized spacial score (nSPS) is 28.8. The highest BCUT2D eigenvalue weighted by atomic mass is 19.1. The number of anilines is 1. The highest BCUT2D eigenvalue weighted by molar-refractivity contribution is 5.89. The van der Waals surface area contributed by atoms with Crippen LogP contribution in [-0.4, -0.2) is 48.6 Å². The molecule has 1 saturated carbocycles. The first kappa shape index (κ1) is 18.6. The molecule has 0 spiro atoms. The number of ether oxygens (including phenoxy) is 1. The fraction of sp³-hybridized carbons (Fsp3) is 0.556. The second-order valence-electron chi connectivity index (χ2n) is 6.85. The van der Waals surface area contributed by atoms with E-state index in [2.05, 4.69) is 5.32 Å². The van der Waals surface area contributed by atoms with Gasteiger partial charge in [-0.25, -0.2) is 13.6 Å². The van der Waals surface area contributed by atoms with Crippen molar-refractivity contribution in [3.63, 3.8) is 0 Å². The van der Waals surface area contributed by atoms with E-state index in [1.165, 1.54) is 17.9 Å². The maximum Gasteiger partial charge on any atom is 0.414 e. The van der Waals surface area contributed by atoms with Crippen LogP contribution in [0.3, 0.4) is 0 Å². The summed E-state index contributed by atoms with van der Waals surface area (Å²) in [4.78, 5) is 24.3. The number of aliphatic hydroxyl groups excluding tert-OH is 1. The summed E-state index contributed by atoms with van der Waals surface area (Å²) in [7, 11) is 0. The number of amides is 2. The predicted octanol–water partition coefficient (Wildman–Crippen LogP) is 2.25. The summed E-state index contributed by atoms with van der Waals surface area (Å²) in [6.07, 6.45) is -2.52. The maximum atomic E-state index is 14.6. The molecule has 0 radical (unpaired) electrons. The minimum absolute atomic E-state index is 0.0853. The quantitative estimate of drug-likeness (QED) is 0.854. The molecule has 2 amide bonds. The molecule has 2 aliphatic rings. The zero-order chi connectivity index (χ0) is 18.8. The molecule has 1 heterocycles. The van der Waals surface area contributed by atoms with Gasteiger partial charge in [0.2, 0.25) is 5.91 Å². The minimum atomic E-state index is -1.35. The monoisotopic (exact) mass is 368 g/mol. The van der Waals surface area contributed by atoms with Crippen LogP contribution >= 0.6 is 0 Å². The van der Waals surface area contributed by atoms with Gasteiger partial charge in [-0.05, 0) is 42.9 Å². The summed E-state index contributed by atoms with van der Waals surface area (Å²) < 4.78 is 33.5. The van der Waals surface area contributed by atoms with Gasteiger partial charge in [-0.15, -0.1) is 0 Å². The standard InChI is InChI=1S/C18H22F2N2O4/c1-10(23)21-8-13-9-22(18(25)26-13)12-3-4-14(15(19)7-12)11-2-5-17(24)16(20)6-11/h3-4,7,11,13,16-17,24H,2,5-6,8-9H2,1H3,(H,21,23). The number of carbonyl (C=O) groups excluding carboxylic acids is 2. The fourth-order valence-electron chi connectivity index (χ4n) is 3.49. The number of hydrogen-bond acceptors (Lipinski definition) is 4. The summed E-state index contributed by atoms with van der Waals surface area (Å²) in [5.41, 5.74) is 0.750. The van der Waals surface area contributed by atoms with Crippen LogP contribution in [0, 0.1) is 5.82 Å². The second kappa shape index (κ2) is 7.57. The third-order valence-electron chi connectivity index (χ3n) is 4.93. The van der Waals surface area contributed by atoms with Gasteiger partial charge >= 0.3 is 6.09 Å². The largest absolute Gasteiger partial charge is 0.442 e. The molecule has 26 heavy (non-hydrogen) atoms. The Kier molecular flexibility index (Phi) is 5.41. The molecule has 6 nitrogen and oxygen atoms in total. The van der Waals surface area contributed by atoms with E-state index >= 15 is 0 Å². The molecule has 8 heteroatoms.